The van der Waals surface area contributed by atoms with E-state index in [4.69, 9.17) is 0 Å². The van der Waals surface area contributed by atoms with Gasteiger partial charge in [-0.3, -0.25) is 0 Å². The Morgan fingerprint density at radius 1 is 0.941 bits per heavy atom. The van der Waals surface area contributed by atoms with E-state index >= 15 is 0 Å². The van der Waals surface area contributed by atoms with Crippen LogP contribution in [0, 0.1) is 13.8 Å². The number of rotatable bonds is 1. The van der Waals surface area contributed by atoms with Gasteiger partial charge in [-0.15, -0.1) is 0 Å². The Balaban J connectivity index is 2.22. The normalized spacial score (nSPS) is 10.9. The molecule has 3 rings (SSSR count). The van der Waals surface area contributed by atoms with Gasteiger partial charge in [0.25, 0.3) is 0 Å². The second-order valence-electron chi connectivity index (χ2n) is 4.41. The van der Waals surface area contributed by atoms with Gasteiger partial charge in [-0.2, -0.15) is 0 Å². The molecular weight excluding hydrogens is 208 g/mol. The Labute approximate surface area is 101 Å². The molecule has 2 aromatic heterocycles. The fourth-order valence-electron chi connectivity index (χ4n) is 2.09. The first-order valence-corrected chi connectivity index (χ1v) is 5.75. The SMILES string of the molecule is Cc1ccc2nc(-c3ccccc3C)cn2c1. The molecule has 0 N–H and O–H groups in total. The van der Waals surface area contributed by atoms with Crippen molar-refractivity contribution in [2.24, 2.45) is 0 Å². The van der Waals surface area contributed by atoms with E-state index in [9.17, 15) is 0 Å². The van der Waals surface area contributed by atoms with E-state index in [2.05, 4.69) is 72.0 Å². The van der Waals surface area contributed by atoms with Crippen LogP contribution in [0.5, 0.6) is 0 Å². The first kappa shape index (κ1) is 10.1. The Morgan fingerprint density at radius 3 is 2.59 bits per heavy atom. The zero-order chi connectivity index (χ0) is 11.8. The predicted octanol–water partition coefficient (Wildman–Crippen LogP) is 3.62. The topological polar surface area (TPSA) is 17.3 Å². The molecule has 0 atom stereocenters. The lowest BCUT2D eigenvalue weighted by Gasteiger charge is -1.99. The maximum Gasteiger partial charge on any atom is 0.137 e. The van der Waals surface area contributed by atoms with Crippen LogP contribution in [0.3, 0.4) is 0 Å². The summed E-state index contributed by atoms with van der Waals surface area (Å²) in [5.74, 6) is 0. The molecule has 0 spiro atoms. The highest BCUT2D eigenvalue weighted by Crippen LogP contribution is 2.22. The third-order valence-corrected chi connectivity index (χ3v) is 3.02. The van der Waals surface area contributed by atoms with Gasteiger partial charge >= 0.3 is 0 Å². The van der Waals surface area contributed by atoms with Crippen molar-refractivity contribution in [1.29, 1.82) is 0 Å². The average Bonchev–Trinajstić information content (AvgIpc) is 2.72. The molecule has 0 saturated carbocycles. The summed E-state index contributed by atoms with van der Waals surface area (Å²) in [4.78, 5) is 4.65. The monoisotopic (exact) mass is 222 g/mol. The number of imidazole rings is 1. The van der Waals surface area contributed by atoms with Gasteiger partial charge < -0.3 is 4.40 Å². The van der Waals surface area contributed by atoms with Crippen LogP contribution >= 0.6 is 0 Å². The first-order valence-electron chi connectivity index (χ1n) is 5.75. The van der Waals surface area contributed by atoms with Crippen molar-refractivity contribution in [3.8, 4) is 11.3 Å². The van der Waals surface area contributed by atoms with Crippen molar-refractivity contribution in [3.63, 3.8) is 0 Å². The Bertz CT molecular complexity index is 680. The maximum atomic E-state index is 4.65. The van der Waals surface area contributed by atoms with E-state index in [1.54, 1.807) is 0 Å². The third-order valence-electron chi connectivity index (χ3n) is 3.02. The van der Waals surface area contributed by atoms with Crippen molar-refractivity contribution in [2.45, 2.75) is 13.8 Å². The van der Waals surface area contributed by atoms with Crippen LogP contribution in [0.4, 0.5) is 0 Å². The van der Waals surface area contributed by atoms with Crippen molar-refractivity contribution in [3.05, 3.63) is 59.9 Å². The number of benzene rings is 1. The molecule has 0 aliphatic rings. The van der Waals surface area contributed by atoms with E-state index in [1.807, 2.05) is 0 Å². The molecule has 2 heteroatoms. The molecule has 0 saturated heterocycles. The minimum absolute atomic E-state index is 0.994. The van der Waals surface area contributed by atoms with Crippen LogP contribution < -0.4 is 0 Å². The highest BCUT2D eigenvalue weighted by Gasteiger charge is 2.05. The minimum Gasteiger partial charge on any atom is -0.306 e. The van der Waals surface area contributed by atoms with Gasteiger partial charge in [0.1, 0.15) is 5.65 Å². The number of aromatic nitrogens is 2. The van der Waals surface area contributed by atoms with Gasteiger partial charge in [0.05, 0.1) is 5.69 Å². The maximum absolute atomic E-state index is 4.65. The van der Waals surface area contributed by atoms with Crippen LogP contribution in [0.1, 0.15) is 11.1 Å². The molecule has 0 aliphatic heterocycles. The first-order chi connectivity index (χ1) is 8.24. The molecule has 0 bridgehead atoms. The molecular formula is C15H14N2. The number of fused-ring (bicyclic) bond motifs is 1. The molecule has 0 aliphatic carbocycles. The summed E-state index contributed by atoms with van der Waals surface area (Å²) in [6.45, 7) is 4.21. The van der Waals surface area contributed by atoms with Crippen LogP contribution in [0.15, 0.2) is 48.8 Å². The highest BCUT2D eigenvalue weighted by molar-refractivity contribution is 5.65. The molecule has 1 aromatic carbocycles. The summed E-state index contributed by atoms with van der Waals surface area (Å²) in [7, 11) is 0. The fraction of sp³-hybridized carbons (Fsp3) is 0.133. The fourth-order valence-corrected chi connectivity index (χ4v) is 2.09. The van der Waals surface area contributed by atoms with Crippen LogP contribution in [0.25, 0.3) is 16.9 Å². The van der Waals surface area contributed by atoms with E-state index in [0.29, 0.717) is 0 Å². The van der Waals surface area contributed by atoms with Crippen molar-refractivity contribution in [1.82, 2.24) is 9.38 Å². The van der Waals surface area contributed by atoms with Crippen LogP contribution in [0.2, 0.25) is 0 Å². The molecule has 0 fully saturated rings. The van der Waals surface area contributed by atoms with Crippen molar-refractivity contribution in [2.75, 3.05) is 0 Å². The summed E-state index contributed by atoms with van der Waals surface area (Å²) >= 11 is 0. The lowest BCUT2D eigenvalue weighted by atomic mass is 10.1. The Morgan fingerprint density at radius 2 is 1.76 bits per heavy atom. The summed E-state index contributed by atoms with van der Waals surface area (Å²) in [5.41, 5.74) is 5.73. The molecule has 0 radical (unpaired) electrons. The number of aryl methyl sites for hydroxylation is 2. The standard InChI is InChI=1S/C15H14N2/c1-11-7-8-15-16-14(10-17(15)9-11)13-6-4-3-5-12(13)2/h3-10H,1-2H3. The van der Waals surface area contributed by atoms with Gasteiger partial charge in [0.15, 0.2) is 0 Å². The quantitative estimate of drug-likeness (QED) is 0.614. The summed E-state index contributed by atoms with van der Waals surface area (Å²) in [6.07, 6.45) is 4.19. The smallest absolute Gasteiger partial charge is 0.137 e. The zero-order valence-corrected chi connectivity index (χ0v) is 10.0. The van der Waals surface area contributed by atoms with Gasteiger partial charge in [-0.1, -0.05) is 30.3 Å². The van der Waals surface area contributed by atoms with Gasteiger partial charge in [0.2, 0.25) is 0 Å². The lowest BCUT2D eigenvalue weighted by Crippen LogP contribution is -1.82. The Kier molecular flexibility index (Phi) is 2.22. The molecule has 0 amide bonds. The van der Waals surface area contributed by atoms with Crippen LogP contribution in [-0.4, -0.2) is 9.38 Å². The molecule has 0 unspecified atom stereocenters. The summed E-state index contributed by atoms with van der Waals surface area (Å²) < 4.78 is 2.08. The minimum atomic E-state index is 0.994. The molecule has 3 aromatic rings. The Hall–Kier alpha value is -2.09. The summed E-state index contributed by atoms with van der Waals surface area (Å²) in [5, 5.41) is 0. The second-order valence-corrected chi connectivity index (χ2v) is 4.41. The van der Waals surface area contributed by atoms with Crippen molar-refractivity contribution >= 4 is 5.65 Å². The lowest BCUT2D eigenvalue weighted by molar-refractivity contribution is 1.16. The largest absolute Gasteiger partial charge is 0.306 e. The van der Waals surface area contributed by atoms with Gasteiger partial charge in [-0.25, -0.2) is 4.98 Å². The number of hydrogen-bond acceptors (Lipinski definition) is 1. The second kappa shape index (κ2) is 3.74. The van der Waals surface area contributed by atoms with Gasteiger partial charge in [0, 0.05) is 18.0 Å². The number of pyridine rings is 1. The van der Waals surface area contributed by atoms with E-state index in [1.165, 1.54) is 16.7 Å². The van der Waals surface area contributed by atoms with Gasteiger partial charge in [-0.05, 0) is 31.0 Å². The van der Waals surface area contributed by atoms with E-state index in [-0.39, 0.29) is 0 Å². The predicted molar refractivity (Wildman–Crippen MR) is 70.1 cm³/mol. The molecule has 2 nitrogen and oxygen atoms in total. The highest BCUT2D eigenvalue weighted by atomic mass is 15.0. The average molecular weight is 222 g/mol. The van der Waals surface area contributed by atoms with Crippen LogP contribution in [-0.2, 0) is 0 Å². The van der Waals surface area contributed by atoms with E-state index in [0.717, 1.165) is 11.3 Å². The summed E-state index contributed by atoms with van der Waals surface area (Å²) in [6, 6.07) is 12.5. The molecule has 84 valence electrons. The number of nitrogens with zero attached hydrogens (tertiary/aromatic N) is 2. The van der Waals surface area contributed by atoms with E-state index < -0.39 is 0 Å². The molecule has 2 heterocycles. The zero-order valence-electron chi connectivity index (χ0n) is 10.0. The number of hydrogen-bond donors (Lipinski definition) is 0. The third kappa shape index (κ3) is 1.72. The molecule has 17 heavy (non-hydrogen) atoms. The van der Waals surface area contributed by atoms with Crippen molar-refractivity contribution < 1.29 is 0 Å².